The highest BCUT2D eigenvalue weighted by molar-refractivity contribution is 5.80. The van der Waals surface area contributed by atoms with E-state index >= 15 is 0 Å². The van der Waals surface area contributed by atoms with E-state index in [1.807, 2.05) is 24.3 Å². The van der Waals surface area contributed by atoms with Gasteiger partial charge in [-0.2, -0.15) is 4.98 Å². The lowest BCUT2D eigenvalue weighted by Crippen LogP contribution is -2.45. The fourth-order valence-corrected chi connectivity index (χ4v) is 3.21. The Morgan fingerprint density at radius 3 is 2.74 bits per heavy atom. The summed E-state index contributed by atoms with van der Waals surface area (Å²) in [4.78, 5) is 16.9. The number of aromatic nitrogens is 2. The summed E-state index contributed by atoms with van der Waals surface area (Å²) >= 11 is 0. The van der Waals surface area contributed by atoms with Crippen LogP contribution in [-0.2, 0) is 16.8 Å². The van der Waals surface area contributed by atoms with Crippen LogP contribution in [0.2, 0.25) is 0 Å². The second-order valence-electron chi connectivity index (χ2n) is 5.96. The molecule has 2 aromatic rings. The molecule has 1 fully saturated rings. The number of hydrogen-bond acceptors (Lipinski definition) is 5. The van der Waals surface area contributed by atoms with Gasteiger partial charge >= 0.3 is 0 Å². The van der Waals surface area contributed by atoms with Crippen molar-refractivity contribution in [2.24, 2.45) is 0 Å². The Labute approximate surface area is 135 Å². The Balaban J connectivity index is 1.77. The van der Waals surface area contributed by atoms with Crippen LogP contribution < -0.4 is 10.1 Å². The summed E-state index contributed by atoms with van der Waals surface area (Å²) in [6.07, 6.45) is 4.03. The first-order valence-electron chi connectivity index (χ1n) is 7.87. The van der Waals surface area contributed by atoms with E-state index in [1.54, 1.807) is 14.0 Å². The van der Waals surface area contributed by atoms with Crippen LogP contribution in [0.15, 0.2) is 28.8 Å². The lowest BCUT2D eigenvalue weighted by molar-refractivity contribution is -0.122. The topological polar surface area (TPSA) is 77.2 Å². The number of para-hydroxylation sites is 1. The summed E-state index contributed by atoms with van der Waals surface area (Å²) < 4.78 is 10.4. The van der Waals surface area contributed by atoms with Crippen LogP contribution >= 0.6 is 0 Å². The van der Waals surface area contributed by atoms with Gasteiger partial charge in [0, 0.05) is 12.5 Å². The first kappa shape index (κ1) is 15.5. The fourth-order valence-electron chi connectivity index (χ4n) is 3.21. The van der Waals surface area contributed by atoms with Gasteiger partial charge in [0.15, 0.2) is 5.82 Å². The number of methoxy groups -OCH3 is 1. The van der Waals surface area contributed by atoms with Crippen molar-refractivity contribution in [2.45, 2.75) is 44.6 Å². The number of carbonyl (C=O) groups is 1. The molecular weight excluding hydrogens is 294 g/mol. The first-order chi connectivity index (χ1) is 11.1. The number of amides is 1. The molecule has 0 spiro atoms. The van der Waals surface area contributed by atoms with Crippen molar-refractivity contribution in [3.8, 4) is 5.75 Å². The normalized spacial score (nSPS) is 16.3. The number of rotatable bonds is 5. The standard InChI is InChI=1S/C17H21N3O3/c1-12-18-16(20-23-12)17(9-5-6-10-17)19-15(21)11-13-7-3-4-8-14(13)22-2/h3-4,7-8H,5-6,9-11H2,1-2H3,(H,19,21). The molecule has 1 saturated carbocycles. The maximum absolute atomic E-state index is 12.6. The van der Waals surface area contributed by atoms with Gasteiger partial charge in [-0.05, 0) is 18.9 Å². The Morgan fingerprint density at radius 1 is 1.35 bits per heavy atom. The highest BCUT2D eigenvalue weighted by Crippen LogP contribution is 2.37. The zero-order valence-corrected chi connectivity index (χ0v) is 13.5. The van der Waals surface area contributed by atoms with Crippen LogP contribution in [0.25, 0.3) is 0 Å². The van der Waals surface area contributed by atoms with Crippen molar-refractivity contribution in [1.29, 1.82) is 0 Å². The molecule has 0 unspecified atom stereocenters. The number of carbonyl (C=O) groups excluding carboxylic acids is 1. The summed E-state index contributed by atoms with van der Waals surface area (Å²) in [5.74, 6) is 1.77. The molecule has 1 aliphatic carbocycles. The molecule has 1 heterocycles. The Kier molecular flexibility index (Phi) is 4.32. The van der Waals surface area contributed by atoms with Gasteiger partial charge in [0.05, 0.1) is 13.5 Å². The molecule has 23 heavy (non-hydrogen) atoms. The molecule has 6 heteroatoms. The zero-order valence-electron chi connectivity index (χ0n) is 13.5. The third kappa shape index (κ3) is 3.21. The van der Waals surface area contributed by atoms with Crippen LogP contribution in [0.3, 0.4) is 0 Å². The predicted molar refractivity (Wildman–Crippen MR) is 84.0 cm³/mol. The van der Waals surface area contributed by atoms with E-state index in [0.717, 1.165) is 37.0 Å². The minimum absolute atomic E-state index is 0.0566. The van der Waals surface area contributed by atoms with E-state index in [9.17, 15) is 4.79 Å². The van der Waals surface area contributed by atoms with E-state index in [4.69, 9.17) is 9.26 Å². The first-order valence-corrected chi connectivity index (χ1v) is 7.87. The molecule has 0 saturated heterocycles. The maximum Gasteiger partial charge on any atom is 0.225 e. The van der Waals surface area contributed by atoms with Crippen molar-refractivity contribution >= 4 is 5.91 Å². The van der Waals surface area contributed by atoms with E-state index in [0.29, 0.717) is 11.7 Å². The van der Waals surface area contributed by atoms with Gasteiger partial charge in [0.25, 0.3) is 0 Å². The number of aryl methyl sites for hydroxylation is 1. The average molecular weight is 315 g/mol. The highest BCUT2D eigenvalue weighted by Gasteiger charge is 2.41. The molecule has 0 atom stereocenters. The van der Waals surface area contributed by atoms with Gasteiger partial charge in [-0.1, -0.05) is 36.2 Å². The molecule has 1 aliphatic rings. The van der Waals surface area contributed by atoms with Crippen molar-refractivity contribution in [3.63, 3.8) is 0 Å². The summed E-state index contributed by atoms with van der Waals surface area (Å²) in [5.41, 5.74) is 0.363. The number of nitrogens with one attached hydrogen (secondary N) is 1. The molecule has 1 aromatic carbocycles. The van der Waals surface area contributed by atoms with Gasteiger partial charge in [0.2, 0.25) is 11.8 Å². The summed E-state index contributed by atoms with van der Waals surface area (Å²) in [6.45, 7) is 1.76. The van der Waals surface area contributed by atoms with Gasteiger partial charge in [0.1, 0.15) is 11.3 Å². The molecule has 0 radical (unpaired) electrons. The van der Waals surface area contributed by atoms with Crippen molar-refractivity contribution in [1.82, 2.24) is 15.5 Å². The Morgan fingerprint density at radius 2 is 2.09 bits per heavy atom. The van der Waals surface area contributed by atoms with Crippen LogP contribution in [0, 0.1) is 6.92 Å². The van der Waals surface area contributed by atoms with E-state index in [-0.39, 0.29) is 12.3 Å². The number of ether oxygens (including phenoxy) is 1. The summed E-state index contributed by atoms with van der Waals surface area (Å²) in [5, 5.41) is 7.18. The van der Waals surface area contributed by atoms with Crippen LogP contribution in [0.4, 0.5) is 0 Å². The van der Waals surface area contributed by atoms with Crippen LogP contribution in [0.1, 0.15) is 43.0 Å². The summed E-state index contributed by atoms with van der Waals surface area (Å²) in [6, 6.07) is 7.55. The quantitative estimate of drug-likeness (QED) is 0.917. The van der Waals surface area contributed by atoms with Crippen molar-refractivity contribution < 1.29 is 14.1 Å². The molecule has 122 valence electrons. The SMILES string of the molecule is COc1ccccc1CC(=O)NC1(c2noc(C)n2)CCCC1. The molecule has 0 aliphatic heterocycles. The fraction of sp³-hybridized carbons (Fsp3) is 0.471. The molecule has 6 nitrogen and oxygen atoms in total. The minimum atomic E-state index is -0.503. The molecule has 1 aromatic heterocycles. The van der Waals surface area contributed by atoms with Gasteiger partial charge in [-0.3, -0.25) is 4.79 Å². The Hall–Kier alpha value is -2.37. The smallest absolute Gasteiger partial charge is 0.225 e. The molecular formula is C17H21N3O3. The molecule has 3 rings (SSSR count). The Bertz CT molecular complexity index is 690. The molecule has 1 amide bonds. The van der Waals surface area contributed by atoms with Gasteiger partial charge in [-0.25, -0.2) is 0 Å². The van der Waals surface area contributed by atoms with E-state index in [1.165, 1.54) is 0 Å². The number of nitrogens with zero attached hydrogens (tertiary/aromatic N) is 2. The highest BCUT2D eigenvalue weighted by atomic mass is 16.5. The number of hydrogen-bond donors (Lipinski definition) is 1. The van der Waals surface area contributed by atoms with Crippen molar-refractivity contribution in [3.05, 3.63) is 41.5 Å². The maximum atomic E-state index is 12.6. The van der Waals surface area contributed by atoms with E-state index in [2.05, 4.69) is 15.5 Å². The van der Waals surface area contributed by atoms with Crippen LogP contribution in [-0.4, -0.2) is 23.2 Å². The van der Waals surface area contributed by atoms with Crippen molar-refractivity contribution in [2.75, 3.05) is 7.11 Å². The van der Waals surface area contributed by atoms with E-state index < -0.39 is 5.54 Å². The molecule has 0 bridgehead atoms. The lowest BCUT2D eigenvalue weighted by atomic mass is 9.96. The third-order valence-electron chi connectivity index (χ3n) is 4.33. The minimum Gasteiger partial charge on any atom is -0.496 e. The monoisotopic (exact) mass is 315 g/mol. The molecule has 1 N–H and O–H groups in total. The number of benzene rings is 1. The van der Waals surface area contributed by atoms with Gasteiger partial charge in [-0.15, -0.1) is 0 Å². The average Bonchev–Trinajstić information content (AvgIpc) is 3.18. The second kappa shape index (κ2) is 6.40. The zero-order chi connectivity index (χ0) is 16.3. The second-order valence-corrected chi connectivity index (χ2v) is 5.96. The predicted octanol–water partition coefficient (Wildman–Crippen LogP) is 2.51. The van der Waals surface area contributed by atoms with Crippen LogP contribution in [0.5, 0.6) is 5.75 Å². The summed E-state index contributed by atoms with van der Waals surface area (Å²) in [7, 11) is 1.61. The largest absolute Gasteiger partial charge is 0.496 e. The van der Waals surface area contributed by atoms with Gasteiger partial charge < -0.3 is 14.6 Å². The lowest BCUT2D eigenvalue weighted by Gasteiger charge is -2.27. The third-order valence-corrected chi connectivity index (χ3v) is 4.33.